The van der Waals surface area contributed by atoms with E-state index in [-0.39, 0.29) is 0 Å². The van der Waals surface area contributed by atoms with Crippen LogP contribution in [0.25, 0.3) is 5.70 Å². The first-order chi connectivity index (χ1) is 14.3. The third kappa shape index (κ3) is 4.53. The highest BCUT2D eigenvalue weighted by Gasteiger charge is 2.48. The van der Waals surface area contributed by atoms with Crippen LogP contribution in [0.2, 0.25) is 0 Å². The van der Waals surface area contributed by atoms with Gasteiger partial charge >= 0.3 is 0 Å². The molecular formula is C26H36N4. The van der Waals surface area contributed by atoms with Crippen molar-refractivity contribution in [2.45, 2.75) is 46.6 Å². The van der Waals surface area contributed by atoms with Crippen molar-refractivity contribution in [1.82, 2.24) is 15.1 Å². The summed E-state index contributed by atoms with van der Waals surface area (Å²) in [4.78, 5) is 4.11. The molecular weight excluding hydrogens is 368 g/mol. The largest absolute Gasteiger partial charge is 0.384 e. The lowest BCUT2D eigenvalue weighted by atomic mass is 9.64. The molecule has 1 spiro atoms. The number of hydrogen-bond donors (Lipinski definition) is 2. The van der Waals surface area contributed by atoms with Crippen LogP contribution in [0.5, 0.6) is 0 Å². The molecule has 1 aliphatic carbocycles. The van der Waals surface area contributed by atoms with E-state index in [9.17, 15) is 0 Å². The lowest BCUT2D eigenvalue weighted by Gasteiger charge is -2.57. The zero-order valence-electron chi connectivity index (χ0n) is 19.0. The van der Waals surface area contributed by atoms with Gasteiger partial charge in [-0.2, -0.15) is 0 Å². The predicted octanol–water partition coefficient (Wildman–Crippen LogP) is 5.44. The molecule has 30 heavy (non-hydrogen) atoms. The summed E-state index contributed by atoms with van der Waals surface area (Å²) in [6, 6.07) is 6.33. The highest BCUT2D eigenvalue weighted by atomic mass is 15.4. The van der Waals surface area contributed by atoms with E-state index in [2.05, 4.69) is 67.6 Å². The summed E-state index contributed by atoms with van der Waals surface area (Å²) in [7, 11) is 1.96. The molecule has 0 unspecified atom stereocenters. The molecule has 0 amide bonds. The summed E-state index contributed by atoms with van der Waals surface area (Å²) in [5.41, 5.74) is 7.20. The minimum atomic E-state index is 0.515. The van der Waals surface area contributed by atoms with Crippen molar-refractivity contribution in [1.29, 1.82) is 5.41 Å². The fourth-order valence-corrected chi connectivity index (χ4v) is 4.23. The van der Waals surface area contributed by atoms with Crippen LogP contribution in [0.1, 0.15) is 49.8 Å². The maximum Gasteiger partial charge on any atom is 0.198 e. The van der Waals surface area contributed by atoms with E-state index >= 15 is 0 Å². The maximum absolute atomic E-state index is 8.62. The number of likely N-dealkylation sites (tertiary alicyclic amines) is 1. The van der Waals surface area contributed by atoms with Gasteiger partial charge in [0.1, 0.15) is 0 Å². The van der Waals surface area contributed by atoms with E-state index in [1.807, 2.05) is 24.9 Å². The summed E-state index contributed by atoms with van der Waals surface area (Å²) < 4.78 is 0. The Kier molecular flexibility index (Phi) is 6.55. The number of benzene rings is 1. The summed E-state index contributed by atoms with van der Waals surface area (Å²) in [6.07, 6.45) is 9.99. The van der Waals surface area contributed by atoms with Gasteiger partial charge in [0, 0.05) is 49.1 Å². The number of guanidine groups is 1. The number of hydrogen-bond acceptors (Lipinski definition) is 2. The molecule has 1 heterocycles. The second kappa shape index (κ2) is 8.95. The van der Waals surface area contributed by atoms with Crippen LogP contribution in [0, 0.1) is 17.7 Å². The molecule has 1 saturated carbocycles. The predicted molar refractivity (Wildman–Crippen MR) is 128 cm³/mol. The normalized spacial score (nSPS) is 17.8. The minimum Gasteiger partial charge on any atom is -0.384 e. The standard InChI is InChI=1S/C26H36N4/c1-7-19(2)12-13-20(3)28-16-23-10-8-11-24(21(23)4)22(5)29(6)25(27)30-17-26(18-30)14-9-15-26/h7-8,10-13,27-28H,1,5,9,14-18H2,2-4,6H3/b19-12-,20-13+,27-25?. The Balaban J connectivity index is 1.64. The number of allylic oxidation sites excluding steroid dienone is 5. The molecule has 4 heteroatoms. The van der Waals surface area contributed by atoms with Gasteiger partial charge in [0.15, 0.2) is 5.96 Å². The Bertz CT molecular complexity index is 894. The average Bonchev–Trinajstić information content (AvgIpc) is 2.67. The molecule has 160 valence electrons. The van der Waals surface area contributed by atoms with Gasteiger partial charge in [0.25, 0.3) is 0 Å². The number of nitrogens with zero attached hydrogens (tertiary/aromatic N) is 2. The Morgan fingerprint density at radius 3 is 2.57 bits per heavy atom. The zero-order chi connectivity index (χ0) is 21.9. The van der Waals surface area contributed by atoms with Crippen molar-refractivity contribution < 1.29 is 0 Å². The minimum absolute atomic E-state index is 0.515. The highest BCUT2D eigenvalue weighted by Crippen LogP contribution is 2.48. The van der Waals surface area contributed by atoms with Crippen LogP contribution in [0.4, 0.5) is 0 Å². The van der Waals surface area contributed by atoms with Gasteiger partial charge < -0.3 is 15.1 Å². The lowest BCUT2D eigenvalue weighted by molar-refractivity contribution is -0.0222. The van der Waals surface area contributed by atoms with E-state index in [0.29, 0.717) is 11.4 Å². The third-order valence-electron chi connectivity index (χ3n) is 6.72. The first-order valence-electron chi connectivity index (χ1n) is 10.8. The van der Waals surface area contributed by atoms with E-state index in [4.69, 9.17) is 5.41 Å². The van der Waals surface area contributed by atoms with Gasteiger partial charge in [0.05, 0.1) is 0 Å². The average molecular weight is 405 g/mol. The Morgan fingerprint density at radius 1 is 1.27 bits per heavy atom. The van der Waals surface area contributed by atoms with Crippen molar-refractivity contribution in [2.75, 3.05) is 20.1 Å². The Labute approximate surface area is 182 Å². The molecule has 2 N–H and O–H groups in total. The summed E-state index contributed by atoms with van der Waals surface area (Å²) >= 11 is 0. The summed E-state index contributed by atoms with van der Waals surface area (Å²) in [5, 5.41) is 12.1. The van der Waals surface area contributed by atoms with Crippen LogP contribution in [-0.4, -0.2) is 35.9 Å². The lowest BCUT2D eigenvalue weighted by Crippen LogP contribution is -2.63. The van der Waals surface area contributed by atoms with Crippen LogP contribution in [-0.2, 0) is 6.54 Å². The van der Waals surface area contributed by atoms with Gasteiger partial charge in [-0.1, -0.05) is 55.5 Å². The summed E-state index contributed by atoms with van der Waals surface area (Å²) in [6.45, 7) is 17.2. The van der Waals surface area contributed by atoms with Gasteiger partial charge in [-0.25, -0.2) is 0 Å². The van der Waals surface area contributed by atoms with Gasteiger partial charge in [0.2, 0.25) is 0 Å². The van der Waals surface area contributed by atoms with E-state index in [0.717, 1.165) is 42.2 Å². The van der Waals surface area contributed by atoms with Gasteiger partial charge in [-0.3, -0.25) is 5.41 Å². The summed E-state index contributed by atoms with van der Waals surface area (Å²) in [5.74, 6) is 0.559. The second-order valence-electron chi connectivity index (χ2n) is 8.95. The topological polar surface area (TPSA) is 42.4 Å². The van der Waals surface area contributed by atoms with Crippen LogP contribution in [0.3, 0.4) is 0 Å². The zero-order valence-corrected chi connectivity index (χ0v) is 19.0. The molecule has 1 saturated heterocycles. The molecule has 0 radical (unpaired) electrons. The Morgan fingerprint density at radius 2 is 1.97 bits per heavy atom. The molecule has 2 aliphatic rings. The van der Waals surface area contributed by atoms with E-state index in [1.54, 1.807) is 0 Å². The third-order valence-corrected chi connectivity index (χ3v) is 6.72. The van der Waals surface area contributed by atoms with E-state index < -0.39 is 0 Å². The molecule has 0 bridgehead atoms. The molecule has 1 aromatic rings. The van der Waals surface area contributed by atoms with E-state index in [1.165, 1.54) is 30.4 Å². The second-order valence-corrected chi connectivity index (χ2v) is 8.95. The van der Waals surface area contributed by atoms with Crippen LogP contribution >= 0.6 is 0 Å². The first-order valence-corrected chi connectivity index (χ1v) is 10.8. The van der Waals surface area contributed by atoms with Crippen molar-refractivity contribution in [3.05, 3.63) is 77.5 Å². The van der Waals surface area contributed by atoms with Crippen molar-refractivity contribution in [3.8, 4) is 0 Å². The van der Waals surface area contributed by atoms with Crippen molar-refractivity contribution in [3.63, 3.8) is 0 Å². The molecule has 1 aromatic carbocycles. The van der Waals surface area contributed by atoms with Crippen LogP contribution in [0.15, 0.2) is 60.9 Å². The fraction of sp³-hybridized carbons (Fsp3) is 0.423. The molecule has 0 atom stereocenters. The van der Waals surface area contributed by atoms with Crippen LogP contribution < -0.4 is 5.32 Å². The maximum atomic E-state index is 8.62. The van der Waals surface area contributed by atoms with Crippen molar-refractivity contribution >= 4 is 11.7 Å². The molecule has 3 rings (SSSR count). The SMILES string of the molecule is C=C/C(C)=C\C=C(/C)NCc1cccc(C(=C)N(C)C(=N)N2CC3(CCC3)C2)c1C. The monoisotopic (exact) mass is 404 g/mol. The molecule has 4 nitrogen and oxygen atoms in total. The van der Waals surface area contributed by atoms with Gasteiger partial charge in [-0.15, -0.1) is 0 Å². The molecule has 0 aromatic heterocycles. The fourth-order valence-electron chi connectivity index (χ4n) is 4.23. The smallest absolute Gasteiger partial charge is 0.198 e. The highest BCUT2D eigenvalue weighted by molar-refractivity contribution is 5.87. The quantitative estimate of drug-likeness (QED) is 0.361. The Hall–Kier alpha value is -2.75. The molecule has 2 fully saturated rings. The van der Waals surface area contributed by atoms with Gasteiger partial charge in [-0.05, 0) is 50.8 Å². The number of nitrogens with one attached hydrogen (secondary N) is 2. The van der Waals surface area contributed by atoms with Crippen molar-refractivity contribution in [2.24, 2.45) is 5.41 Å². The number of rotatable bonds is 7. The molecule has 1 aliphatic heterocycles. The first kappa shape index (κ1) is 21.9.